The van der Waals surface area contributed by atoms with Crippen LogP contribution in [0.2, 0.25) is 0 Å². The van der Waals surface area contributed by atoms with Crippen LogP contribution in [0.5, 0.6) is 5.75 Å². The number of rotatable bonds is 29. The van der Waals surface area contributed by atoms with Gasteiger partial charge in [-0.05, 0) is 42.2 Å². The summed E-state index contributed by atoms with van der Waals surface area (Å²) in [6.07, 6.45) is 2.58. The Hall–Kier alpha value is -1.36. The SMILES string of the molecule is O=S(=O)([O-])CCNc1nc(NCCOCCO)nc(Nc2ccc(C=Cc3ccc(Nc4nc(NCCS(=O)(=O)[O-])nc(N(CCO)CCO)n4)cc3S(=O)(=O)[O-])c(OOS[O-])c2)n1.[Na+].[Na+].[Na+].[Na+]. The Kier molecular flexibility index (Phi) is 32.7. The van der Waals surface area contributed by atoms with Crippen LogP contribution in [0.4, 0.5) is 47.1 Å². The zero-order valence-corrected chi connectivity index (χ0v) is 48.3. The predicted octanol–water partition coefficient (Wildman–Crippen LogP) is -13.2. The first-order chi connectivity index (χ1) is 30.4. The van der Waals surface area contributed by atoms with E-state index in [9.17, 15) is 53.7 Å². The van der Waals surface area contributed by atoms with E-state index < -0.39 is 53.3 Å². The van der Waals surface area contributed by atoms with Crippen molar-refractivity contribution in [2.45, 2.75) is 4.90 Å². The summed E-state index contributed by atoms with van der Waals surface area (Å²) in [4.78, 5) is 30.8. The van der Waals surface area contributed by atoms with Crippen LogP contribution in [-0.4, -0.2) is 166 Å². The van der Waals surface area contributed by atoms with E-state index in [0.29, 0.717) is 0 Å². The number of nitrogens with one attached hydrogen (secondary N) is 5. The average Bonchev–Trinajstić information content (AvgIpc) is 3.21. The molecule has 0 aliphatic rings. The number of nitrogens with zero attached hydrogens (tertiary/aromatic N) is 7. The molecule has 2 aromatic carbocycles. The van der Waals surface area contributed by atoms with Gasteiger partial charge in [0.1, 0.15) is 10.1 Å². The van der Waals surface area contributed by atoms with E-state index >= 15 is 0 Å². The van der Waals surface area contributed by atoms with Crippen molar-refractivity contribution in [2.75, 3.05) is 109 Å². The molecule has 352 valence electrons. The first kappa shape index (κ1) is 66.6. The van der Waals surface area contributed by atoms with Gasteiger partial charge in [-0.25, -0.2) is 25.3 Å². The minimum Gasteiger partial charge on any atom is -0.773 e. The number of anilines is 8. The number of aliphatic hydroxyl groups is 3. The van der Waals surface area contributed by atoms with Gasteiger partial charge in [0.2, 0.25) is 35.7 Å². The number of aliphatic hydroxyl groups excluding tert-OH is 3. The molecule has 4 rings (SSSR count). The maximum atomic E-state index is 12.5. The van der Waals surface area contributed by atoms with Crippen molar-refractivity contribution < 1.29 is 191 Å². The van der Waals surface area contributed by atoms with Crippen LogP contribution in [0, 0.1) is 0 Å². The van der Waals surface area contributed by atoms with Crippen molar-refractivity contribution in [3.8, 4) is 5.75 Å². The summed E-state index contributed by atoms with van der Waals surface area (Å²) in [5.41, 5.74) is 0.288. The van der Waals surface area contributed by atoms with Crippen molar-refractivity contribution in [1.82, 2.24) is 29.9 Å². The summed E-state index contributed by atoms with van der Waals surface area (Å²) in [7, 11) is -14.4. The van der Waals surface area contributed by atoms with Crippen molar-refractivity contribution >= 4 is 102 Å². The summed E-state index contributed by atoms with van der Waals surface area (Å²) in [5.74, 6) is -2.51. The first-order valence-corrected chi connectivity index (χ1v) is 23.5. The second-order valence-electron chi connectivity index (χ2n) is 12.4. The summed E-state index contributed by atoms with van der Waals surface area (Å²) in [5, 5.41) is 41.6. The second kappa shape index (κ2) is 33.4. The van der Waals surface area contributed by atoms with Crippen LogP contribution in [0.1, 0.15) is 11.1 Å². The summed E-state index contributed by atoms with van der Waals surface area (Å²) in [6, 6.07) is 7.86. The van der Waals surface area contributed by atoms with Gasteiger partial charge in [0.05, 0.1) is 69.7 Å². The van der Waals surface area contributed by atoms with Crippen molar-refractivity contribution in [3.05, 3.63) is 47.5 Å². The molecule has 68 heavy (non-hydrogen) atoms. The van der Waals surface area contributed by atoms with Gasteiger partial charge in [-0.1, -0.05) is 18.2 Å². The molecule has 4 aromatic rings. The maximum absolute atomic E-state index is 12.5. The molecule has 0 aliphatic heterocycles. The zero-order valence-electron chi connectivity index (χ0n) is 37.0. The molecule has 0 radical (unpaired) electrons. The van der Waals surface area contributed by atoms with Gasteiger partial charge < -0.3 is 74.6 Å². The van der Waals surface area contributed by atoms with Crippen LogP contribution >= 0.6 is 12.3 Å². The van der Waals surface area contributed by atoms with Crippen LogP contribution < -0.4 is 155 Å². The van der Waals surface area contributed by atoms with E-state index in [1.54, 1.807) is 0 Å². The molecule has 28 nitrogen and oxygen atoms in total. The number of ether oxygens (including phenoxy) is 1. The molecule has 0 saturated carbocycles. The predicted molar refractivity (Wildman–Crippen MR) is 225 cm³/mol. The Morgan fingerprint density at radius 3 is 1.60 bits per heavy atom. The van der Waals surface area contributed by atoms with Gasteiger partial charge in [-0.15, -0.1) is 4.33 Å². The van der Waals surface area contributed by atoms with Crippen molar-refractivity contribution in [1.29, 1.82) is 0 Å². The second-order valence-corrected chi connectivity index (χ2v) is 17.1. The van der Waals surface area contributed by atoms with Crippen LogP contribution in [0.3, 0.4) is 0 Å². The largest absolute Gasteiger partial charge is 1.00 e. The number of aromatic nitrogens is 6. The number of benzene rings is 2. The molecule has 0 fully saturated rings. The van der Waals surface area contributed by atoms with E-state index in [2.05, 4.69) is 60.8 Å². The van der Waals surface area contributed by atoms with Crippen LogP contribution in [0.15, 0.2) is 41.3 Å². The third-order valence-corrected chi connectivity index (χ3v) is 10.1. The first-order valence-electron chi connectivity index (χ1n) is 18.2. The molecule has 0 saturated heterocycles. The normalized spacial score (nSPS) is 11.3. The monoisotopic (exact) mass is 1070 g/mol. The third-order valence-electron chi connectivity index (χ3n) is 7.72. The van der Waals surface area contributed by atoms with Crippen molar-refractivity contribution in [3.63, 3.8) is 0 Å². The van der Waals surface area contributed by atoms with Gasteiger partial charge >= 0.3 is 118 Å². The molecule has 0 unspecified atom stereocenters. The summed E-state index contributed by atoms with van der Waals surface area (Å²) >= 11 is -0.387. The summed E-state index contributed by atoms with van der Waals surface area (Å²) < 4.78 is 125. The van der Waals surface area contributed by atoms with Gasteiger partial charge in [0.25, 0.3) is 0 Å². The Bertz CT molecular complexity index is 2540. The average molecular weight is 1070 g/mol. The Labute approximate surface area is 483 Å². The molecular weight excluding hydrogens is 1030 g/mol. The molecule has 0 amide bonds. The van der Waals surface area contributed by atoms with E-state index in [0.717, 1.165) is 6.07 Å². The Morgan fingerprint density at radius 1 is 0.618 bits per heavy atom. The zero-order chi connectivity index (χ0) is 46.8. The summed E-state index contributed by atoms with van der Waals surface area (Å²) in [6.45, 7) is -1.33. The fraction of sp³-hybridized carbons (Fsp3) is 0.375. The molecule has 0 spiro atoms. The smallest absolute Gasteiger partial charge is 0.773 e. The molecule has 36 heteroatoms. The maximum Gasteiger partial charge on any atom is 1.00 e. The Balaban J connectivity index is 0.0000112. The van der Waals surface area contributed by atoms with Gasteiger partial charge in [0, 0.05) is 55.7 Å². The van der Waals surface area contributed by atoms with Crippen molar-refractivity contribution in [2.24, 2.45) is 0 Å². The van der Waals surface area contributed by atoms with Crippen LogP contribution in [0.25, 0.3) is 12.2 Å². The molecule has 0 atom stereocenters. The molecule has 2 heterocycles. The van der Waals surface area contributed by atoms with E-state index in [1.807, 2.05) is 0 Å². The molecule has 0 aliphatic carbocycles. The molecular formula is C32H40N12Na4O16S4. The fourth-order valence-corrected chi connectivity index (χ4v) is 6.54. The molecule has 0 bridgehead atoms. The minimum atomic E-state index is -5.18. The third kappa shape index (κ3) is 24.9. The minimum absolute atomic E-state index is 0. The van der Waals surface area contributed by atoms with Gasteiger partial charge in [-0.2, -0.15) is 29.9 Å². The Morgan fingerprint density at radius 2 is 1.09 bits per heavy atom. The molecule has 2 aromatic heterocycles. The topological polar surface area (TPSA) is 424 Å². The van der Waals surface area contributed by atoms with Crippen LogP contribution in [-0.2, 0) is 39.4 Å². The number of hydrogen-bond acceptors (Lipinski definition) is 29. The van der Waals surface area contributed by atoms with Gasteiger partial charge in [0.15, 0.2) is 5.75 Å². The standard InChI is InChI=1S/C32H44N12O16S4.4Na/c45-12-10-44(11-13-46)32-42-29(35-9-18-63(52,53)54)41-31(43-32)37-24-6-4-22(26(20-24)64(55,56)57)2-1-21-3-5-23(19-25(21)59-60-61-48)36-30-39-27(33-7-15-58-16-14-47)38-28(40-30)34-8-17-62(49,50)51;;;;/h1-6,19-20,45-48H,7-18H2,(H,49,50,51)(H,52,53,54)(H,55,56,57)(H2,35,37,41,42,43)(H3,33,34,36,38,39,40);;;;/q;4*+1/p-4. The van der Waals surface area contributed by atoms with E-state index in [-0.39, 0.29) is 254 Å². The molecule has 8 N–H and O–H groups in total. The fourth-order valence-electron chi connectivity index (χ4n) is 5.04. The van der Waals surface area contributed by atoms with E-state index in [4.69, 9.17) is 14.7 Å². The quantitative estimate of drug-likeness (QED) is 0.00476. The van der Waals surface area contributed by atoms with Gasteiger partial charge in [-0.3, -0.25) is 0 Å². The number of hydrogen-bond donors (Lipinski definition) is 8. The van der Waals surface area contributed by atoms with E-state index in [1.165, 1.54) is 47.4 Å².